The second-order valence-electron chi connectivity index (χ2n) is 5.83. The molecule has 1 unspecified atom stereocenters. The number of rotatable bonds is 5. The molecule has 2 aromatic rings. The fraction of sp³-hybridized carbons (Fsp3) is 0.353. The van der Waals surface area contributed by atoms with E-state index in [1.54, 1.807) is 21.0 Å². The summed E-state index contributed by atoms with van der Waals surface area (Å²) in [6.07, 6.45) is 0. The van der Waals surface area contributed by atoms with Crippen LogP contribution in [0.5, 0.6) is 5.75 Å². The van der Waals surface area contributed by atoms with Crippen LogP contribution in [0.1, 0.15) is 32.4 Å². The highest BCUT2D eigenvalue weighted by atomic mass is 16.5. The Labute approximate surface area is 125 Å². The van der Waals surface area contributed by atoms with Gasteiger partial charge in [-0.15, -0.1) is 0 Å². The number of nitrogens with two attached hydrogens (primary N) is 1. The Morgan fingerprint density at radius 2 is 1.81 bits per heavy atom. The van der Waals surface area contributed by atoms with Crippen LogP contribution in [0.4, 0.5) is 0 Å². The van der Waals surface area contributed by atoms with Gasteiger partial charge in [-0.25, -0.2) is 0 Å². The highest BCUT2D eigenvalue weighted by Crippen LogP contribution is 2.25. The number of fused-ring (bicyclic) bond motifs is 1. The van der Waals surface area contributed by atoms with Crippen molar-refractivity contribution in [3.8, 4) is 5.75 Å². The summed E-state index contributed by atoms with van der Waals surface area (Å²) in [6.45, 7) is 5.60. The summed E-state index contributed by atoms with van der Waals surface area (Å²) in [6, 6.07) is 12.2. The smallest absolute Gasteiger partial charge is 0.237 e. The number of hydrogen-bond acceptors (Lipinski definition) is 3. The Balaban J connectivity index is 2.28. The van der Waals surface area contributed by atoms with Crippen molar-refractivity contribution in [1.29, 1.82) is 0 Å². The number of primary amides is 1. The van der Waals surface area contributed by atoms with E-state index in [4.69, 9.17) is 10.5 Å². The van der Waals surface area contributed by atoms with Crippen LogP contribution >= 0.6 is 0 Å². The highest BCUT2D eigenvalue weighted by molar-refractivity contribution is 5.85. The van der Waals surface area contributed by atoms with Gasteiger partial charge in [0.15, 0.2) is 0 Å². The Morgan fingerprint density at radius 1 is 1.19 bits per heavy atom. The minimum atomic E-state index is -0.742. The van der Waals surface area contributed by atoms with Crippen molar-refractivity contribution in [3.05, 3.63) is 42.0 Å². The van der Waals surface area contributed by atoms with E-state index in [9.17, 15) is 4.79 Å². The molecule has 2 rings (SSSR count). The molecule has 0 aliphatic rings. The molecule has 0 saturated carbocycles. The molecular weight excluding hydrogens is 264 g/mol. The van der Waals surface area contributed by atoms with Crippen LogP contribution in [-0.2, 0) is 4.79 Å². The first-order valence-electron chi connectivity index (χ1n) is 6.99. The quantitative estimate of drug-likeness (QED) is 0.888. The zero-order valence-electron chi connectivity index (χ0n) is 12.9. The summed E-state index contributed by atoms with van der Waals surface area (Å²) in [5, 5.41) is 5.52. The lowest BCUT2D eigenvalue weighted by Gasteiger charge is -2.27. The second-order valence-corrected chi connectivity index (χ2v) is 5.83. The standard InChI is InChI=1S/C17H22N2O2/c1-11(19-17(2,3)16(18)20)12-5-6-14-10-15(21-4)8-7-13(14)9-12/h5-11,19H,1-4H3,(H2,18,20). The third-order valence-corrected chi connectivity index (χ3v) is 3.76. The maximum atomic E-state index is 11.4. The number of amides is 1. The van der Waals surface area contributed by atoms with Crippen molar-refractivity contribution in [1.82, 2.24) is 5.32 Å². The number of carbonyl (C=O) groups is 1. The third-order valence-electron chi connectivity index (χ3n) is 3.76. The fourth-order valence-electron chi connectivity index (χ4n) is 2.33. The molecule has 21 heavy (non-hydrogen) atoms. The number of ether oxygens (including phenoxy) is 1. The number of carbonyl (C=O) groups excluding carboxylic acids is 1. The maximum Gasteiger partial charge on any atom is 0.237 e. The third kappa shape index (κ3) is 3.34. The molecule has 0 fully saturated rings. The van der Waals surface area contributed by atoms with Crippen LogP contribution in [0.3, 0.4) is 0 Å². The Hall–Kier alpha value is -2.07. The van der Waals surface area contributed by atoms with Crippen LogP contribution in [0, 0.1) is 0 Å². The minimum absolute atomic E-state index is 0.0269. The molecule has 0 spiro atoms. The molecule has 0 saturated heterocycles. The van der Waals surface area contributed by atoms with Crippen molar-refractivity contribution in [2.75, 3.05) is 7.11 Å². The van der Waals surface area contributed by atoms with Crippen molar-refractivity contribution in [3.63, 3.8) is 0 Å². The average Bonchev–Trinajstić information content (AvgIpc) is 2.45. The zero-order valence-corrected chi connectivity index (χ0v) is 12.9. The van der Waals surface area contributed by atoms with E-state index in [0.29, 0.717) is 0 Å². The van der Waals surface area contributed by atoms with Gasteiger partial charge < -0.3 is 10.5 Å². The van der Waals surface area contributed by atoms with Gasteiger partial charge >= 0.3 is 0 Å². The topological polar surface area (TPSA) is 64.3 Å². The molecule has 0 aromatic heterocycles. The van der Waals surface area contributed by atoms with Crippen LogP contribution in [0.15, 0.2) is 36.4 Å². The fourth-order valence-corrected chi connectivity index (χ4v) is 2.33. The zero-order chi connectivity index (χ0) is 15.6. The molecule has 1 amide bonds. The first-order valence-corrected chi connectivity index (χ1v) is 6.99. The predicted molar refractivity (Wildman–Crippen MR) is 85.3 cm³/mol. The normalized spacial score (nSPS) is 13.1. The first-order chi connectivity index (χ1) is 9.83. The lowest BCUT2D eigenvalue weighted by Crippen LogP contribution is -2.51. The number of benzene rings is 2. The van der Waals surface area contributed by atoms with Gasteiger partial charge in [0, 0.05) is 6.04 Å². The van der Waals surface area contributed by atoms with Gasteiger partial charge in [-0.3, -0.25) is 10.1 Å². The second kappa shape index (κ2) is 5.74. The molecule has 4 heteroatoms. The lowest BCUT2D eigenvalue weighted by atomic mass is 9.98. The molecule has 4 nitrogen and oxygen atoms in total. The first kappa shape index (κ1) is 15.3. The van der Waals surface area contributed by atoms with Gasteiger partial charge in [-0.1, -0.05) is 18.2 Å². The summed E-state index contributed by atoms with van der Waals surface area (Å²) in [5.74, 6) is 0.483. The van der Waals surface area contributed by atoms with Crippen LogP contribution in [0.25, 0.3) is 10.8 Å². The van der Waals surface area contributed by atoms with Gasteiger partial charge in [-0.05, 0) is 55.3 Å². The van der Waals surface area contributed by atoms with Crippen molar-refractivity contribution < 1.29 is 9.53 Å². The van der Waals surface area contributed by atoms with Crippen LogP contribution in [-0.4, -0.2) is 18.6 Å². The molecule has 0 aliphatic heterocycles. The van der Waals surface area contributed by atoms with E-state index in [1.165, 1.54) is 0 Å². The molecule has 3 N–H and O–H groups in total. The Bertz CT molecular complexity index is 665. The molecular formula is C17H22N2O2. The summed E-state index contributed by atoms with van der Waals surface area (Å²) in [5.41, 5.74) is 5.77. The summed E-state index contributed by atoms with van der Waals surface area (Å²) in [4.78, 5) is 11.4. The number of nitrogens with one attached hydrogen (secondary N) is 1. The van der Waals surface area contributed by atoms with E-state index in [0.717, 1.165) is 22.1 Å². The summed E-state index contributed by atoms with van der Waals surface area (Å²) in [7, 11) is 1.66. The molecule has 0 bridgehead atoms. The monoisotopic (exact) mass is 286 g/mol. The van der Waals surface area contributed by atoms with E-state index >= 15 is 0 Å². The van der Waals surface area contributed by atoms with E-state index in [-0.39, 0.29) is 11.9 Å². The molecule has 0 radical (unpaired) electrons. The maximum absolute atomic E-state index is 11.4. The van der Waals surface area contributed by atoms with E-state index < -0.39 is 5.54 Å². The van der Waals surface area contributed by atoms with Crippen molar-refractivity contribution in [2.45, 2.75) is 32.4 Å². The summed E-state index contributed by atoms with van der Waals surface area (Å²) >= 11 is 0. The van der Waals surface area contributed by atoms with Crippen molar-refractivity contribution in [2.24, 2.45) is 5.73 Å². The minimum Gasteiger partial charge on any atom is -0.497 e. The summed E-state index contributed by atoms with van der Waals surface area (Å²) < 4.78 is 5.23. The molecule has 1 atom stereocenters. The van der Waals surface area contributed by atoms with Gasteiger partial charge in [0.2, 0.25) is 5.91 Å². The van der Waals surface area contributed by atoms with Gasteiger partial charge in [0.25, 0.3) is 0 Å². The van der Waals surface area contributed by atoms with Gasteiger partial charge in [-0.2, -0.15) is 0 Å². The molecule has 2 aromatic carbocycles. The molecule has 0 aliphatic carbocycles. The van der Waals surface area contributed by atoms with E-state index in [1.807, 2.05) is 25.1 Å². The predicted octanol–water partition coefficient (Wildman–Crippen LogP) is 2.76. The van der Waals surface area contributed by atoms with E-state index in [2.05, 4.69) is 23.5 Å². The highest BCUT2D eigenvalue weighted by Gasteiger charge is 2.26. The number of hydrogen-bond donors (Lipinski definition) is 2. The van der Waals surface area contributed by atoms with Crippen LogP contribution < -0.4 is 15.8 Å². The largest absolute Gasteiger partial charge is 0.497 e. The van der Waals surface area contributed by atoms with Crippen molar-refractivity contribution >= 4 is 16.7 Å². The SMILES string of the molecule is COc1ccc2cc(C(C)NC(C)(C)C(N)=O)ccc2c1. The van der Waals surface area contributed by atoms with Crippen LogP contribution in [0.2, 0.25) is 0 Å². The number of methoxy groups -OCH3 is 1. The Morgan fingerprint density at radius 3 is 2.43 bits per heavy atom. The van der Waals surface area contributed by atoms with Gasteiger partial charge in [0.1, 0.15) is 5.75 Å². The lowest BCUT2D eigenvalue weighted by molar-refractivity contribution is -0.123. The van der Waals surface area contributed by atoms with Gasteiger partial charge in [0.05, 0.1) is 12.6 Å². The Kier molecular flexibility index (Phi) is 4.19. The molecule has 0 heterocycles. The molecule has 112 valence electrons. The average molecular weight is 286 g/mol.